The molecule has 1 aliphatic carbocycles. The molecule has 1 fully saturated rings. The number of nitrogens with zero attached hydrogens (tertiary/aromatic N) is 2. The van der Waals surface area contributed by atoms with Crippen molar-refractivity contribution in [3.05, 3.63) is 17.0 Å². The van der Waals surface area contributed by atoms with Crippen molar-refractivity contribution in [2.75, 3.05) is 13.1 Å². The van der Waals surface area contributed by atoms with Crippen LogP contribution in [0.2, 0.25) is 0 Å². The summed E-state index contributed by atoms with van der Waals surface area (Å²) in [7, 11) is -3.39. The molecule has 2 heterocycles. The molecule has 0 spiro atoms. The molecule has 1 aliphatic heterocycles. The van der Waals surface area contributed by atoms with Gasteiger partial charge < -0.3 is 0 Å². The van der Waals surface area contributed by atoms with E-state index < -0.39 is 10.2 Å². The Bertz CT molecular complexity index is 603. The van der Waals surface area contributed by atoms with Gasteiger partial charge in [0.15, 0.2) is 0 Å². The van der Waals surface area contributed by atoms with Gasteiger partial charge in [-0.1, -0.05) is 13.3 Å². The Morgan fingerprint density at radius 2 is 1.95 bits per heavy atom. The number of nitrogens with one attached hydrogen (secondary N) is 2. The summed E-state index contributed by atoms with van der Waals surface area (Å²) in [6.45, 7) is 3.71. The molecule has 1 saturated heterocycles. The zero-order valence-corrected chi connectivity index (χ0v) is 14.1. The number of aromatic amines is 1. The molecular weight excluding hydrogens is 300 g/mol. The summed E-state index contributed by atoms with van der Waals surface area (Å²) >= 11 is 0. The fourth-order valence-corrected chi connectivity index (χ4v) is 4.54. The van der Waals surface area contributed by atoms with Gasteiger partial charge in [0.2, 0.25) is 0 Å². The van der Waals surface area contributed by atoms with Crippen LogP contribution in [0.3, 0.4) is 0 Å². The molecule has 7 heteroatoms. The van der Waals surface area contributed by atoms with Gasteiger partial charge in [0.05, 0.1) is 12.2 Å². The van der Waals surface area contributed by atoms with Crippen LogP contribution in [0.25, 0.3) is 0 Å². The van der Waals surface area contributed by atoms with Crippen LogP contribution >= 0.6 is 0 Å². The fourth-order valence-electron chi connectivity index (χ4n) is 3.35. The lowest BCUT2D eigenvalue weighted by Gasteiger charge is -2.29. The minimum atomic E-state index is -3.39. The van der Waals surface area contributed by atoms with Gasteiger partial charge >= 0.3 is 0 Å². The normalized spacial score (nSPS) is 21.5. The van der Waals surface area contributed by atoms with Crippen LogP contribution in [0.1, 0.15) is 56.0 Å². The Kier molecular flexibility index (Phi) is 4.84. The highest BCUT2D eigenvalue weighted by molar-refractivity contribution is 7.87. The molecule has 2 aliphatic rings. The van der Waals surface area contributed by atoms with Gasteiger partial charge in [-0.3, -0.25) is 5.10 Å². The van der Waals surface area contributed by atoms with E-state index in [4.69, 9.17) is 0 Å². The SMILES string of the molecule is CC1CCN(S(=O)(=O)NCc2n[nH]c3c2CCCCC3)CC1. The molecule has 0 radical (unpaired) electrons. The Hall–Kier alpha value is -0.920. The van der Waals surface area contributed by atoms with E-state index in [2.05, 4.69) is 21.8 Å². The van der Waals surface area contributed by atoms with E-state index >= 15 is 0 Å². The second-order valence-electron chi connectivity index (χ2n) is 6.60. The standard InChI is InChI=1S/C15H26N4O2S/c1-12-7-9-19(10-8-12)22(20,21)16-11-15-13-5-3-2-4-6-14(13)17-18-15/h12,16H,2-11H2,1H3,(H,17,18). The summed E-state index contributed by atoms with van der Waals surface area (Å²) in [4.78, 5) is 0. The number of aryl methyl sites for hydroxylation is 1. The number of piperidine rings is 1. The van der Waals surface area contributed by atoms with Crippen LogP contribution in [-0.2, 0) is 29.6 Å². The van der Waals surface area contributed by atoms with E-state index in [0.717, 1.165) is 37.8 Å². The molecule has 0 amide bonds. The number of aromatic nitrogens is 2. The largest absolute Gasteiger partial charge is 0.282 e. The fraction of sp³-hybridized carbons (Fsp3) is 0.800. The molecule has 22 heavy (non-hydrogen) atoms. The molecule has 0 aromatic carbocycles. The third-order valence-electron chi connectivity index (χ3n) is 4.90. The first kappa shape index (κ1) is 16.0. The Balaban J connectivity index is 1.63. The lowest BCUT2D eigenvalue weighted by molar-refractivity contribution is 0.285. The number of hydrogen-bond acceptors (Lipinski definition) is 3. The summed E-state index contributed by atoms with van der Waals surface area (Å²) in [5, 5.41) is 7.42. The molecule has 1 aromatic rings. The molecule has 2 N–H and O–H groups in total. The number of hydrogen-bond donors (Lipinski definition) is 2. The quantitative estimate of drug-likeness (QED) is 0.827. The lowest BCUT2D eigenvalue weighted by Crippen LogP contribution is -2.44. The van der Waals surface area contributed by atoms with Crippen molar-refractivity contribution in [2.24, 2.45) is 5.92 Å². The number of H-pyrrole nitrogens is 1. The second-order valence-corrected chi connectivity index (χ2v) is 8.35. The molecule has 0 saturated carbocycles. The zero-order chi connectivity index (χ0) is 15.6. The molecule has 3 rings (SSSR count). The van der Waals surface area contributed by atoms with Gasteiger partial charge in [0.1, 0.15) is 0 Å². The Labute approximate surface area is 132 Å². The minimum absolute atomic E-state index is 0.292. The average Bonchev–Trinajstić information content (AvgIpc) is 2.73. The van der Waals surface area contributed by atoms with E-state index in [1.807, 2.05) is 0 Å². The predicted octanol–water partition coefficient (Wildman–Crippen LogP) is 1.74. The third kappa shape index (κ3) is 3.52. The van der Waals surface area contributed by atoms with E-state index in [9.17, 15) is 8.42 Å². The maximum atomic E-state index is 12.4. The smallest absolute Gasteiger partial charge is 0.279 e. The molecular formula is C15H26N4O2S. The molecule has 124 valence electrons. The summed E-state index contributed by atoms with van der Waals surface area (Å²) in [6, 6.07) is 0. The average molecular weight is 326 g/mol. The Morgan fingerprint density at radius 3 is 2.73 bits per heavy atom. The van der Waals surface area contributed by atoms with Crippen LogP contribution in [0.15, 0.2) is 0 Å². The molecule has 1 aromatic heterocycles. The van der Waals surface area contributed by atoms with Crippen molar-refractivity contribution in [3.8, 4) is 0 Å². The summed E-state index contributed by atoms with van der Waals surface area (Å²) in [5.74, 6) is 0.619. The monoisotopic (exact) mass is 326 g/mol. The zero-order valence-electron chi connectivity index (χ0n) is 13.3. The number of fused-ring (bicyclic) bond motifs is 1. The van der Waals surface area contributed by atoms with Crippen molar-refractivity contribution in [3.63, 3.8) is 0 Å². The first-order valence-electron chi connectivity index (χ1n) is 8.36. The summed E-state index contributed by atoms with van der Waals surface area (Å²) < 4.78 is 29.1. The molecule has 0 bridgehead atoms. The van der Waals surface area contributed by atoms with Crippen molar-refractivity contribution < 1.29 is 8.42 Å². The van der Waals surface area contributed by atoms with Crippen LogP contribution in [-0.4, -0.2) is 36.0 Å². The van der Waals surface area contributed by atoms with Gasteiger partial charge in [0, 0.05) is 18.8 Å². The van der Waals surface area contributed by atoms with Gasteiger partial charge in [-0.2, -0.15) is 22.5 Å². The third-order valence-corrected chi connectivity index (χ3v) is 6.45. The maximum Gasteiger partial charge on any atom is 0.279 e. The topological polar surface area (TPSA) is 78.1 Å². The van der Waals surface area contributed by atoms with E-state index in [-0.39, 0.29) is 0 Å². The van der Waals surface area contributed by atoms with E-state index in [0.29, 0.717) is 25.6 Å². The van der Waals surface area contributed by atoms with Crippen LogP contribution < -0.4 is 4.72 Å². The molecule has 6 nitrogen and oxygen atoms in total. The summed E-state index contributed by atoms with van der Waals surface area (Å²) in [6.07, 6.45) is 7.50. The maximum absolute atomic E-state index is 12.4. The molecule has 0 atom stereocenters. The van der Waals surface area contributed by atoms with Crippen molar-refractivity contribution in [2.45, 2.75) is 58.4 Å². The van der Waals surface area contributed by atoms with Crippen LogP contribution in [0.5, 0.6) is 0 Å². The number of rotatable bonds is 4. The van der Waals surface area contributed by atoms with Gasteiger partial charge in [-0.25, -0.2) is 0 Å². The van der Waals surface area contributed by atoms with Gasteiger partial charge in [-0.15, -0.1) is 0 Å². The second kappa shape index (κ2) is 6.68. The predicted molar refractivity (Wildman–Crippen MR) is 85.6 cm³/mol. The first-order chi connectivity index (χ1) is 10.6. The van der Waals surface area contributed by atoms with Crippen molar-refractivity contribution >= 4 is 10.2 Å². The van der Waals surface area contributed by atoms with Crippen molar-refractivity contribution in [1.82, 2.24) is 19.2 Å². The first-order valence-corrected chi connectivity index (χ1v) is 9.80. The minimum Gasteiger partial charge on any atom is -0.282 e. The Morgan fingerprint density at radius 1 is 1.23 bits per heavy atom. The van der Waals surface area contributed by atoms with Crippen molar-refractivity contribution in [1.29, 1.82) is 0 Å². The van der Waals surface area contributed by atoms with Crippen LogP contribution in [0, 0.1) is 5.92 Å². The lowest BCUT2D eigenvalue weighted by atomic mass is 10.0. The highest BCUT2D eigenvalue weighted by atomic mass is 32.2. The van der Waals surface area contributed by atoms with Gasteiger partial charge in [-0.05, 0) is 50.0 Å². The highest BCUT2D eigenvalue weighted by Gasteiger charge is 2.26. The van der Waals surface area contributed by atoms with Crippen LogP contribution in [0.4, 0.5) is 0 Å². The van der Waals surface area contributed by atoms with E-state index in [1.54, 1.807) is 4.31 Å². The summed E-state index contributed by atoms with van der Waals surface area (Å²) in [5.41, 5.74) is 3.29. The van der Waals surface area contributed by atoms with E-state index in [1.165, 1.54) is 24.1 Å². The highest BCUT2D eigenvalue weighted by Crippen LogP contribution is 2.22. The molecule has 0 unspecified atom stereocenters. The van der Waals surface area contributed by atoms with Gasteiger partial charge in [0.25, 0.3) is 10.2 Å².